The molecule has 0 unspecified atom stereocenters. The molecular formula is C18H16IN3O2. The topological polar surface area (TPSA) is 68.0 Å². The number of aryl methyl sites for hydroxylation is 2. The minimum Gasteiger partial charge on any atom is -0.339 e. The van der Waals surface area contributed by atoms with Crippen molar-refractivity contribution >= 4 is 34.2 Å². The Hall–Kier alpha value is -2.22. The van der Waals surface area contributed by atoms with Crippen molar-refractivity contribution in [3.8, 4) is 11.4 Å². The molecule has 0 fully saturated rings. The number of benzene rings is 2. The summed E-state index contributed by atoms with van der Waals surface area (Å²) in [5, 5.41) is 6.87. The van der Waals surface area contributed by atoms with Crippen LogP contribution in [0.2, 0.25) is 0 Å². The summed E-state index contributed by atoms with van der Waals surface area (Å²) in [5.41, 5.74) is 2.76. The van der Waals surface area contributed by atoms with Gasteiger partial charge in [0.25, 0.3) is 0 Å². The van der Waals surface area contributed by atoms with Crippen LogP contribution < -0.4 is 5.32 Å². The van der Waals surface area contributed by atoms with Crippen LogP contribution in [0.25, 0.3) is 11.4 Å². The molecular weight excluding hydrogens is 417 g/mol. The van der Waals surface area contributed by atoms with Crippen molar-refractivity contribution in [1.82, 2.24) is 10.1 Å². The van der Waals surface area contributed by atoms with Gasteiger partial charge in [-0.1, -0.05) is 35.5 Å². The maximum absolute atomic E-state index is 12.1. The first-order valence-corrected chi connectivity index (χ1v) is 8.64. The van der Waals surface area contributed by atoms with E-state index >= 15 is 0 Å². The Labute approximate surface area is 153 Å². The van der Waals surface area contributed by atoms with Gasteiger partial charge in [0.2, 0.25) is 17.6 Å². The summed E-state index contributed by atoms with van der Waals surface area (Å²) in [4.78, 5) is 16.4. The minimum absolute atomic E-state index is 0.0710. The van der Waals surface area contributed by atoms with E-state index in [-0.39, 0.29) is 5.91 Å². The van der Waals surface area contributed by atoms with Gasteiger partial charge in [-0.3, -0.25) is 4.79 Å². The molecule has 0 aliphatic carbocycles. The molecule has 6 heteroatoms. The third kappa shape index (κ3) is 4.19. The zero-order chi connectivity index (χ0) is 16.9. The van der Waals surface area contributed by atoms with Gasteiger partial charge in [-0.15, -0.1) is 0 Å². The normalized spacial score (nSPS) is 10.6. The molecule has 3 aromatic rings. The van der Waals surface area contributed by atoms with Gasteiger partial charge in [0.1, 0.15) is 0 Å². The summed E-state index contributed by atoms with van der Waals surface area (Å²) in [7, 11) is 0. The van der Waals surface area contributed by atoms with E-state index in [1.807, 2.05) is 55.5 Å². The van der Waals surface area contributed by atoms with Crippen LogP contribution in [-0.2, 0) is 11.2 Å². The lowest BCUT2D eigenvalue weighted by molar-refractivity contribution is -0.116. The fourth-order valence-electron chi connectivity index (χ4n) is 2.22. The SMILES string of the molecule is Cc1ccccc1NC(=O)CCc1nc(-c2ccc(I)cc2)no1. The molecule has 0 atom stereocenters. The second-order valence-corrected chi connectivity index (χ2v) is 6.63. The summed E-state index contributed by atoms with van der Waals surface area (Å²) in [5.74, 6) is 0.933. The fraction of sp³-hybridized carbons (Fsp3) is 0.167. The van der Waals surface area contributed by atoms with Gasteiger partial charge in [0.05, 0.1) is 0 Å². The van der Waals surface area contributed by atoms with Gasteiger partial charge < -0.3 is 9.84 Å². The van der Waals surface area contributed by atoms with Crippen LogP contribution in [0.15, 0.2) is 53.1 Å². The van der Waals surface area contributed by atoms with Crippen molar-refractivity contribution in [2.24, 2.45) is 0 Å². The first kappa shape index (κ1) is 16.6. The monoisotopic (exact) mass is 433 g/mol. The molecule has 0 saturated heterocycles. The maximum atomic E-state index is 12.1. The second-order valence-electron chi connectivity index (χ2n) is 5.38. The predicted octanol–water partition coefficient (Wildman–Crippen LogP) is 4.22. The number of aromatic nitrogens is 2. The highest BCUT2D eigenvalue weighted by Crippen LogP contribution is 2.18. The number of hydrogen-bond acceptors (Lipinski definition) is 4. The van der Waals surface area contributed by atoms with E-state index in [1.165, 1.54) is 0 Å². The number of halogens is 1. The lowest BCUT2D eigenvalue weighted by atomic mass is 10.2. The largest absolute Gasteiger partial charge is 0.339 e. The minimum atomic E-state index is -0.0710. The Morgan fingerprint density at radius 1 is 1.17 bits per heavy atom. The van der Waals surface area contributed by atoms with E-state index in [2.05, 4.69) is 38.0 Å². The number of para-hydroxylation sites is 1. The third-order valence-corrected chi connectivity index (χ3v) is 4.27. The molecule has 0 saturated carbocycles. The first-order valence-electron chi connectivity index (χ1n) is 7.56. The van der Waals surface area contributed by atoms with Gasteiger partial charge in [-0.2, -0.15) is 4.98 Å². The van der Waals surface area contributed by atoms with Crippen LogP contribution in [0.1, 0.15) is 17.9 Å². The Morgan fingerprint density at radius 2 is 1.92 bits per heavy atom. The van der Waals surface area contributed by atoms with Crippen molar-refractivity contribution in [1.29, 1.82) is 0 Å². The molecule has 5 nitrogen and oxygen atoms in total. The molecule has 122 valence electrons. The number of carbonyl (C=O) groups is 1. The smallest absolute Gasteiger partial charge is 0.227 e. The Morgan fingerprint density at radius 3 is 2.67 bits per heavy atom. The van der Waals surface area contributed by atoms with Gasteiger partial charge in [0, 0.05) is 27.7 Å². The Balaban J connectivity index is 1.58. The van der Waals surface area contributed by atoms with Crippen molar-refractivity contribution in [2.75, 3.05) is 5.32 Å². The molecule has 0 spiro atoms. The second kappa shape index (κ2) is 7.57. The van der Waals surface area contributed by atoms with Gasteiger partial charge in [-0.25, -0.2) is 0 Å². The Bertz CT molecular complexity index is 843. The van der Waals surface area contributed by atoms with Crippen molar-refractivity contribution in [3.63, 3.8) is 0 Å². The van der Waals surface area contributed by atoms with E-state index in [0.717, 1.165) is 20.4 Å². The van der Waals surface area contributed by atoms with Gasteiger partial charge in [-0.05, 0) is 53.3 Å². The molecule has 1 amide bonds. The lowest BCUT2D eigenvalue weighted by Gasteiger charge is -2.06. The summed E-state index contributed by atoms with van der Waals surface area (Å²) in [6.45, 7) is 1.96. The summed E-state index contributed by atoms with van der Waals surface area (Å²) in [6, 6.07) is 15.5. The zero-order valence-corrected chi connectivity index (χ0v) is 15.3. The third-order valence-electron chi connectivity index (χ3n) is 3.56. The molecule has 0 bridgehead atoms. The van der Waals surface area contributed by atoms with Crippen LogP contribution in [-0.4, -0.2) is 16.0 Å². The summed E-state index contributed by atoms with van der Waals surface area (Å²) in [6.07, 6.45) is 0.706. The molecule has 2 aromatic carbocycles. The average Bonchev–Trinajstić information content (AvgIpc) is 3.05. The van der Waals surface area contributed by atoms with E-state index in [1.54, 1.807) is 0 Å². The number of carbonyl (C=O) groups excluding carboxylic acids is 1. The summed E-state index contributed by atoms with van der Waals surface area (Å²) < 4.78 is 6.38. The lowest BCUT2D eigenvalue weighted by Crippen LogP contribution is -2.13. The maximum Gasteiger partial charge on any atom is 0.227 e. The molecule has 3 rings (SSSR count). The van der Waals surface area contributed by atoms with Crippen LogP contribution in [0.4, 0.5) is 5.69 Å². The highest BCUT2D eigenvalue weighted by molar-refractivity contribution is 14.1. The van der Waals surface area contributed by atoms with Gasteiger partial charge >= 0.3 is 0 Å². The Kier molecular flexibility index (Phi) is 5.24. The van der Waals surface area contributed by atoms with E-state index < -0.39 is 0 Å². The number of nitrogens with one attached hydrogen (secondary N) is 1. The van der Waals surface area contributed by atoms with Crippen molar-refractivity contribution in [3.05, 3.63) is 63.6 Å². The van der Waals surface area contributed by atoms with Crippen molar-refractivity contribution < 1.29 is 9.32 Å². The van der Waals surface area contributed by atoms with Crippen LogP contribution >= 0.6 is 22.6 Å². The molecule has 0 aliphatic rings. The highest BCUT2D eigenvalue weighted by atomic mass is 127. The average molecular weight is 433 g/mol. The van der Waals surface area contributed by atoms with Crippen LogP contribution in [0.5, 0.6) is 0 Å². The van der Waals surface area contributed by atoms with E-state index in [9.17, 15) is 4.79 Å². The predicted molar refractivity (Wildman–Crippen MR) is 101 cm³/mol. The number of rotatable bonds is 5. The summed E-state index contributed by atoms with van der Waals surface area (Å²) >= 11 is 2.24. The zero-order valence-electron chi connectivity index (χ0n) is 13.1. The molecule has 24 heavy (non-hydrogen) atoms. The molecule has 0 aliphatic heterocycles. The standard InChI is InChI=1S/C18H16IN3O2/c1-12-4-2-3-5-15(12)20-16(23)10-11-17-21-18(22-24-17)13-6-8-14(19)9-7-13/h2-9H,10-11H2,1H3,(H,20,23). The number of amides is 1. The van der Waals surface area contributed by atoms with Crippen molar-refractivity contribution in [2.45, 2.75) is 19.8 Å². The highest BCUT2D eigenvalue weighted by Gasteiger charge is 2.11. The van der Waals surface area contributed by atoms with E-state index in [0.29, 0.717) is 24.6 Å². The quantitative estimate of drug-likeness (QED) is 0.612. The molecule has 1 heterocycles. The first-order chi connectivity index (χ1) is 11.6. The number of nitrogens with zero attached hydrogens (tertiary/aromatic N) is 2. The number of hydrogen-bond donors (Lipinski definition) is 1. The molecule has 1 aromatic heterocycles. The van der Waals surface area contributed by atoms with Crippen LogP contribution in [0, 0.1) is 10.5 Å². The van der Waals surface area contributed by atoms with Gasteiger partial charge in [0.15, 0.2) is 0 Å². The fourth-order valence-corrected chi connectivity index (χ4v) is 2.58. The van der Waals surface area contributed by atoms with E-state index in [4.69, 9.17) is 4.52 Å². The molecule has 0 radical (unpaired) electrons. The molecule has 1 N–H and O–H groups in total. The number of anilines is 1. The van der Waals surface area contributed by atoms with Crippen LogP contribution in [0.3, 0.4) is 0 Å².